The van der Waals surface area contributed by atoms with E-state index in [1.54, 1.807) is 0 Å². The molecule has 0 aromatic heterocycles. The second kappa shape index (κ2) is 20.6. The third-order valence-corrected chi connectivity index (χ3v) is 10.0. The van der Waals surface area contributed by atoms with E-state index in [0.717, 1.165) is 52.1 Å². The van der Waals surface area contributed by atoms with Gasteiger partial charge in [-0.15, -0.1) is 5.53 Å². The summed E-state index contributed by atoms with van der Waals surface area (Å²) in [6.07, 6.45) is 20.4. The molecular weight excluding hydrogens is 619 g/mol. The summed E-state index contributed by atoms with van der Waals surface area (Å²) in [7, 11) is 0. The highest BCUT2D eigenvalue weighted by Gasteiger charge is 2.31. The van der Waals surface area contributed by atoms with Gasteiger partial charge in [-0.2, -0.15) is 0 Å². The molecule has 0 saturated carbocycles. The van der Waals surface area contributed by atoms with Gasteiger partial charge in [0.2, 0.25) is 0 Å². The Morgan fingerprint density at radius 2 is 0.939 bits per heavy atom. The van der Waals surface area contributed by atoms with E-state index >= 15 is 0 Å². The van der Waals surface area contributed by atoms with Crippen LogP contribution in [0.4, 0.5) is 34.1 Å². The van der Waals surface area contributed by atoms with Crippen molar-refractivity contribution in [2.75, 3.05) is 27.2 Å². The highest BCUT2D eigenvalue weighted by molar-refractivity contribution is 7.80. The Morgan fingerprint density at radius 1 is 0.531 bits per heavy atom. The first-order chi connectivity index (χ1) is 24.2. The summed E-state index contributed by atoms with van der Waals surface area (Å²) >= 11 is 6.18. The minimum absolute atomic E-state index is 0.290. The molecule has 1 saturated heterocycles. The quantitative estimate of drug-likeness (QED) is 0.0603. The molecular formula is C43H57N5S. The highest BCUT2D eigenvalue weighted by Crippen LogP contribution is 2.30. The summed E-state index contributed by atoms with van der Waals surface area (Å²) in [5.74, 6) is 0.290. The summed E-state index contributed by atoms with van der Waals surface area (Å²) in [5.41, 5.74) is 10.1. The summed E-state index contributed by atoms with van der Waals surface area (Å²) in [6, 6.07) is 37.8. The van der Waals surface area contributed by atoms with Crippen LogP contribution in [0.1, 0.15) is 103 Å². The summed E-state index contributed by atoms with van der Waals surface area (Å²) in [4.78, 5) is 0.970. The molecule has 0 spiro atoms. The van der Waals surface area contributed by atoms with Crippen LogP contribution in [0, 0.1) is 5.92 Å². The molecule has 1 aliphatic rings. The first-order valence-electron chi connectivity index (χ1n) is 18.9. The Kier molecular flexibility index (Phi) is 15.3. The van der Waals surface area contributed by atoms with Crippen LogP contribution in [0.2, 0.25) is 0 Å². The van der Waals surface area contributed by atoms with Gasteiger partial charge < -0.3 is 10.6 Å². The van der Waals surface area contributed by atoms with Gasteiger partial charge in [-0.05, 0) is 79.2 Å². The third kappa shape index (κ3) is 12.2. The van der Waals surface area contributed by atoms with Gasteiger partial charge in [0.25, 0.3) is 0 Å². The minimum atomic E-state index is 0.290. The van der Waals surface area contributed by atoms with E-state index < -0.39 is 0 Å². The van der Waals surface area contributed by atoms with E-state index in [2.05, 4.69) is 106 Å². The first kappa shape index (κ1) is 36.4. The number of rotatable bonds is 21. The van der Waals surface area contributed by atoms with E-state index in [-0.39, 0.29) is 5.92 Å². The van der Waals surface area contributed by atoms with Crippen molar-refractivity contribution in [3.8, 4) is 0 Å². The Morgan fingerprint density at radius 3 is 1.41 bits per heavy atom. The molecule has 0 unspecified atom stereocenters. The zero-order chi connectivity index (χ0) is 33.9. The number of nitrogens with one attached hydrogen (secondary N) is 3. The molecule has 260 valence electrons. The zero-order valence-electron chi connectivity index (χ0n) is 29.6. The molecule has 1 aliphatic heterocycles. The van der Waals surface area contributed by atoms with Gasteiger partial charge in [-0.25, -0.2) is 0 Å². The fourth-order valence-electron chi connectivity index (χ4n) is 6.63. The standard InChI is InChI=1S/C43H57N5S/c1-2-3-4-5-6-7-8-9-10-11-12-13-14-17-22-36-35-47(41-31-27-39(28-32-41)44-37-23-18-15-19-24-37)46-48(43(36)49)42-33-29-40(30-34-42)45-38-25-20-16-21-26-38/h15-16,18-21,23-34,36,44-46H,2-14,17,22,35H2,1H3/t36-/m0/s1. The van der Waals surface area contributed by atoms with Crippen LogP contribution in [0.25, 0.3) is 0 Å². The monoisotopic (exact) mass is 675 g/mol. The Labute approximate surface area is 301 Å². The number of hydrogen-bond donors (Lipinski definition) is 3. The Bertz CT molecular complexity index is 1480. The Balaban J connectivity index is 1.14. The average Bonchev–Trinajstić information content (AvgIpc) is 3.14. The van der Waals surface area contributed by atoms with Gasteiger partial charge in [-0.1, -0.05) is 145 Å². The van der Waals surface area contributed by atoms with Crippen molar-refractivity contribution in [3.63, 3.8) is 0 Å². The molecule has 1 atom stereocenters. The van der Waals surface area contributed by atoms with Crippen LogP contribution in [0.3, 0.4) is 0 Å². The first-order valence-corrected chi connectivity index (χ1v) is 19.3. The fourth-order valence-corrected chi connectivity index (χ4v) is 6.97. The third-order valence-electron chi connectivity index (χ3n) is 9.53. The molecule has 0 radical (unpaired) electrons. The lowest BCUT2D eigenvalue weighted by molar-refractivity contribution is 0.473. The van der Waals surface area contributed by atoms with Gasteiger partial charge in [0, 0.05) is 35.2 Å². The van der Waals surface area contributed by atoms with Crippen molar-refractivity contribution in [1.29, 1.82) is 0 Å². The predicted molar refractivity (Wildman–Crippen MR) is 216 cm³/mol. The lowest BCUT2D eigenvalue weighted by Gasteiger charge is -2.43. The van der Waals surface area contributed by atoms with E-state index in [1.807, 2.05) is 36.4 Å². The molecule has 6 heteroatoms. The summed E-state index contributed by atoms with van der Waals surface area (Å²) < 4.78 is 0. The van der Waals surface area contributed by atoms with Gasteiger partial charge in [0.05, 0.1) is 11.4 Å². The van der Waals surface area contributed by atoms with E-state index in [4.69, 9.17) is 12.2 Å². The molecule has 1 heterocycles. The summed E-state index contributed by atoms with van der Waals surface area (Å²) in [5, 5.41) is 11.4. The van der Waals surface area contributed by atoms with Crippen molar-refractivity contribution >= 4 is 51.3 Å². The fraction of sp³-hybridized carbons (Fsp3) is 0.419. The molecule has 1 fully saturated rings. The van der Waals surface area contributed by atoms with Gasteiger partial charge >= 0.3 is 0 Å². The maximum absolute atomic E-state index is 6.18. The second-order valence-electron chi connectivity index (χ2n) is 13.5. The lowest BCUT2D eigenvalue weighted by Crippen LogP contribution is -2.61. The van der Waals surface area contributed by atoms with Crippen molar-refractivity contribution in [1.82, 2.24) is 5.53 Å². The normalized spacial score (nSPS) is 14.6. The molecule has 3 N–H and O–H groups in total. The van der Waals surface area contributed by atoms with Crippen LogP contribution in [0.15, 0.2) is 109 Å². The number of hydrogen-bond acceptors (Lipinski definition) is 5. The number of nitrogens with zero attached hydrogens (tertiary/aromatic N) is 2. The molecule has 0 bridgehead atoms. The molecule has 5 nitrogen and oxygen atoms in total. The predicted octanol–water partition coefficient (Wildman–Crippen LogP) is 12.7. The molecule has 5 rings (SSSR count). The number of para-hydroxylation sites is 2. The largest absolute Gasteiger partial charge is 0.356 e. The topological polar surface area (TPSA) is 42.6 Å². The second-order valence-corrected chi connectivity index (χ2v) is 14.0. The van der Waals surface area contributed by atoms with Gasteiger partial charge in [0.15, 0.2) is 0 Å². The summed E-state index contributed by atoms with van der Waals surface area (Å²) in [6.45, 7) is 3.15. The number of anilines is 6. The average molecular weight is 676 g/mol. The van der Waals surface area contributed by atoms with Crippen LogP contribution in [-0.4, -0.2) is 11.5 Å². The molecule has 0 aliphatic carbocycles. The number of thiocarbonyl (C=S) groups is 1. The van der Waals surface area contributed by atoms with Crippen LogP contribution in [0.5, 0.6) is 0 Å². The molecule has 0 amide bonds. The maximum atomic E-state index is 6.18. The minimum Gasteiger partial charge on any atom is -0.356 e. The Hall–Kier alpha value is -3.87. The highest BCUT2D eigenvalue weighted by atomic mass is 32.1. The van der Waals surface area contributed by atoms with E-state index in [1.165, 1.54) is 89.9 Å². The van der Waals surface area contributed by atoms with Crippen LogP contribution >= 0.6 is 12.2 Å². The zero-order valence-corrected chi connectivity index (χ0v) is 30.4. The van der Waals surface area contributed by atoms with Gasteiger partial charge in [-0.3, -0.25) is 10.0 Å². The smallest absolute Gasteiger partial charge is 0.104 e. The lowest BCUT2D eigenvalue weighted by atomic mass is 9.98. The van der Waals surface area contributed by atoms with Crippen LogP contribution < -0.4 is 26.2 Å². The molecule has 4 aromatic carbocycles. The van der Waals surface area contributed by atoms with Crippen molar-refractivity contribution < 1.29 is 0 Å². The SMILES string of the molecule is CCCCCCCCCCCCCCCC[C@H]1CN(c2ccc(Nc3ccccc3)cc2)NN(c2ccc(Nc3ccccc3)cc2)C1=S. The van der Waals surface area contributed by atoms with Crippen molar-refractivity contribution in [3.05, 3.63) is 109 Å². The van der Waals surface area contributed by atoms with Crippen LogP contribution in [-0.2, 0) is 0 Å². The number of unbranched alkanes of at least 4 members (excludes halogenated alkanes) is 13. The van der Waals surface area contributed by atoms with Crippen molar-refractivity contribution in [2.45, 2.75) is 103 Å². The van der Waals surface area contributed by atoms with E-state index in [9.17, 15) is 0 Å². The van der Waals surface area contributed by atoms with Gasteiger partial charge in [0.1, 0.15) is 4.99 Å². The number of benzene rings is 4. The van der Waals surface area contributed by atoms with E-state index in [0.29, 0.717) is 0 Å². The molecule has 49 heavy (non-hydrogen) atoms. The maximum Gasteiger partial charge on any atom is 0.104 e. The number of hydrazine groups is 2. The molecule has 4 aromatic rings. The van der Waals surface area contributed by atoms with Crippen molar-refractivity contribution in [2.24, 2.45) is 5.92 Å².